The van der Waals surface area contributed by atoms with Gasteiger partial charge in [-0.15, -0.1) is 0 Å². The Kier molecular flexibility index (Phi) is 5.56. The molecular weight excluding hydrogens is 360 g/mol. The van der Waals surface area contributed by atoms with Crippen LogP contribution >= 0.6 is 0 Å². The maximum atomic E-state index is 12.6. The highest BCUT2D eigenvalue weighted by molar-refractivity contribution is 5.92. The molecule has 2 heterocycles. The average molecular weight is 378 g/mol. The number of benzene rings is 1. The number of nitriles is 1. The van der Waals surface area contributed by atoms with E-state index in [1.54, 1.807) is 38.1 Å². The number of nitrogens with zero attached hydrogens (tertiary/aromatic N) is 3. The molecule has 3 rings (SSSR count). The summed E-state index contributed by atoms with van der Waals surface area (Å²) in [5, 5.41) is 9.62. The van der Waals surface area contributed by atoms with Gasteiger partial charge in [-0.3, -0.25) is 4.98 Å². The third-order valence-corrected chi connectivity index (χ3v) is 4.05. The topological polar surface area (TPSA) is 120 Å². The molecule has 1 aromatic carbocycles. The number of rotatable bonds is 5. The number of carbonyl (C=O) groups is 1. The second kappa shape index (κ2) is 8.22. The molecule has 1 aliphatic rings. The zero-order chi connectivity index (χ0) is 20.1. The molecule has 0 fully saturated rings. The zero-order valence-corrected chi connectivity index (χ0v) is 15.4. The first-order valence-corrected chi connectivity index (χ1v) is 8.54. The monoisotopic (exact) mass is 378 g/mol. The van der Waals surface area contributed by atoms with Gasteiger partial charge in [0.05, 0.1) is 24.3 Å². The number of ether oxygens (including phenoxy) is 3. The highest BCUT2D eigenvalue weighted by Crippen LogP contribution is 2.40. The second-order valence-corrected chi connectivity index (χ2v) is 5.83. The molecule has 0 spiro atoms. The van der Waals surface area contributed by atoms with Crippen molar-refractivity contribution < 1.29 is 19.0 Å². The van der Waals surface area contributed by atoms with Gasteiger partial charge >= 0.3 is 5.97 Å². The Bertz CT molecular complexity index is 993. The zero-order valence-electron chi connectivity index (χ0n) is 15.4. The van der Waals surface area contributed by atoms with E-state index in [0.29, 0.717) is 23.0 Å². The third-order valence-electron chi connectivity index (χ3n) is 4.05. The Morgan fingerprint density at radius 2 is 2.21 bits per heavy atom. The number of hydrogen-bond acceptors (Lipinski definition) is 8. The van der Waals surface area contributed by atoms with E-state index in [1.165, 1.54) is 18.6 Å². The van der Waals surface area contributed by atoms with Crippen LogP contribution < -0.4 is 10.5 Å². The van der Waals surface area contributed by atoms with Crippen LogP contribution in [0.2, 0.25) is 0 Å². The lowest BCUT2D eigenvalue weighted by Crippen LogP contribution is -2.25. The second-order valence-electron chi connectivity index (χ2n) is 5.83. The Labute approximate surface area is 161 Å². The van der Waals surface area contributed by atoms with E-state index in [0.717, 1.165) is 0 Å². The molecule has 8 heteroatoms. The van der Waals surface area contributed by atoms with Crippen LogP contribution in [0, 0.1) is 11.3 Å². The fourth-order valence-corrected chi connectivity index (χ4v) is 2.90. The van der Waals surface area contributed by atoms with Crippen molar-refractivity contribution in [3.05, 3.63) is 71.2 Å². The minimum absolute atomic E-state index is 0.0432. The van der Waals surface area contributed by atoms with Crippen LogP contribution in [-0.4, -0.2) is 22.5 Å². The quantitative estimate of drug-likeness (QED) is 0.789. The van der Waals surface area contributed by atoms with Crippen LogP contribution in [0.15, 0.2) is 65.6 Å². The van der Waals surface area contributed by atoms with Crippen molar-refractivity contribution >= 4 is 5.97 Å². The number of nitrogens with two attached hydrogens (primary N) is 1. The van der Waals surface area contributed by atoms with Crippen molar-refractivity contribution in [3.63, 3.8) is 0 Å². The highest BCUT2D eigenvalue weighted by atomic mass is 16.5. The average Bonchev–Trinajstić information content (AvgIpc) is 2.68. The van der Waals surface area contributed by atoms with E-state index in [1.807, 2.05) is 6.07 Å². The molecule has 2 aromatic rings. The third kappa shape index (κ3) is 3.78. The molecular formula is C20H18N4O4. The number of hydrogen-bond donors (Lipinski definition) is 1. The molecule has 0 aliphatic carbocycles. The van der Waals surface area contributed by atoms with Crippen molar-refractivity contribution in [1.29, 1.82) is 5.26 Å². The van der Waals surface area contributed by atoms with Gasteiger partial charge in [-0.1, -0.05) is 12.1 Å². The predicted molar refractivity (Wildman–Crippen MR) is 98.5 cm³/mol. The molecule has 1 atom stereocenters. The Hall–Kier alpha value is -3.86. The summed E-state index contributed by atoms with van der Waals surface area (Å²) < 4.78 is 16.3. The van der Waals surface area contributed by atoms with Crippen LogP contribution in [0.25, 0.3) is 0 Å². The minimum Gasteiger partial charge on any atom is -0.463 e. The first-order valence-electron chi connectivity index (χ1n) is 8.54. The lowest BCUT2D eigenvalue weighted by atomic mass is 9.83. The molecule has 0 saturated carbocycles. The Morgan fingerprint density at radius 3 is 2.89 bits per heavy atom. The van der Waals surface area contributed by atoms with Crippen molar-refractivity contribution in [1.82, 2.24) is 9.97 Å². The van der Waals surface area contributed by atoms with Crippen LogP contribution in [0.4, 0.5) is 0 Å². The number of carbonyl (C=O) groups excluding carboxylic acids is 1. The highest BCUT2D eigenvalue weighted by Gasteiger charge is 2.36. The maximum absolute atomic E-state index is 12.6. The number of aromatic nitrogens is 2. The van der Waals surface area contributed by atoms with Gasteiger partial charge in [0, 0.05) is 12.4 Å². The summed E-state index contributed by atoms with van der Waals surface area (Å²) >= 11 is 0. The largest absolute Gasteiger partial charge is 0.463 e. The standard InChI is InChI=1S/C20H18N4O4/c1-3-26-20(25)17-12(2)27-19(22)15(10-21)18(17)13-5-4-6-14(9-13)28-16-11-23-7-8-24-16/h4-9,11,18H,3,22H2,1-2H3. The van der Waals surface area contributed by atoms with E-state index >= 15 is 0 Å². The molecule has 1 aromatic heterocycles. The van der Waals surface area contributed by atoms with Crippen molar-refractivity contribution in [2.75, 3.05) is 6.61 Å². The molecule has 8 nitrogen and oxygen atoms in total. The Morgan fingerprint density at radius 1 is 1.39 bits per heavy atom. The van der Waals surface area contributed by atoms with Gasteiger partial charge in [-0.25, -0.2) is 9.78 Å². The molecule has 0 bridgehead atoms. The number of allylic oxidation sites excluding steroid dienone is 2. The normalized spacial score (nSPS) is 16.2. The lowest BCUT2D eigenvalue weighted by Gasteiger charge is -2.27. The van der Waals surface area contributed by atoms with Gasteiger partial charge in [0.1, 0.15) is 23.2 Å². The van der Waals surface area contributed by atoms with Gasteiger partial charge in [0.25, 0.3) is 0 Å². The van der Waals surface area contributed by atoms with Crippen LogP contribution in [-0.2, 0) is 14.3 Å². The fraction of sp³-hybridized carbons (Fsp3) is 0.200. The van der Waals surface area contributed by atoms with Gasteiger partial charge in [-0.2, -0.15) is 5.26 Å². The van der Waals surface area contributed by atoms with E-state index in [9.17, 15) is 10.1 Å². The van der Waals surface area contributed by atoms with Gasteiger partial charge < -0.3 is 19.9 Å². The molecule has 1 unspecified atom stereocenters. The van der Waals surface area contributed by atoms with Crippen molar-refractivity contribution in [2.24, 2.45) is 5.73 Å². The summed E-state index contributed by atoms with van der Waals surface area (Å²) in [4.78, 5) is 20.6. The summed E-state index contributed by atoms with van der Waals surface area (Å²) in [7, 11) is 0. The maximum Gasteiger partial charge on any atom is 0.338 e. The SMILES string of the molecule is CCOC(=O)C1=C(C)OC(N)=C(C#N)C1c1cccc(Oc2cnccn2)c1. The first-order chi connectivity index (χ1) is 13.5. The van der Waals surface area contributed by atoms with Gasteiger partial charge in [0.15, 0.2) is 0 Å². The number of esters is 1. The van der Waals surface area contributed by atoms with E-state index < -0.39 is 11.9 Å². The molecule has 1 aliphatic heterocycles. The van der Waals surface area contributed by atoms with Crippen LogP contribution in [0.5, 0.6) is 11.6 Å². The van der Waals surface area contributed by atoms with E-state index in [2.05, 4.69) is 9.97 Å². The molecule has 28 heavy (non-hydrogen) atoms. The molecule has 0 amide bonds. The summed E-state index contributed by atoms with van der Waals surface area (Å²) in [5.41, 5.74) is 6.89. The Balaban J connectivity index is 2.04. The van der Waals surface area contributed by atoms with Crippen LogP contribution in [0.3, 0.4) is 0 Å². The minimum atomic E-state index is -0.733. The fourth-order valence-electron chi connectivity index (χ4n) is 2.90. The summed E-state index contributed by atoms with van der Waals surface area (Å²) in [6, 6.07) is 9.01. The lowest BCUT2D eigenvalue weighted by molar-refractivity contribution is -0.139. The summed E-state index contributed by atoms with van der Waals surface area (Å²) in [6.07, 6.45) is 4.53. The van der Waals surface area contributed by atoms with E-state index in [4.69, 9.17) is 19.9 Å². The molecule has 0 radical (unpaired) electrons. The summed E-state index contributed by atoms with van der Waals surface area (Å²) in [5.74, 6) is -0.257. The molecule has 0 saturated heterocycles. The summed E-state index contributed by atoms with van der Waals surface area (Å²) in [6.45, 7) is 3.51. The van der Waals surface area contributed by atoms with Gasteiger partial charge in [-0.05, 0) is 31.5 Å². The van der Waals surface area contributed by atoms with Crippen LogP contribution in [0.1, 0.15) is 25.3 Å². The van der Waals surface area contributed by atoms with E-state index in [-0.39, 0.29) is 23.6 Å². The molecule has 2 N–H and O–H groups in total. The van der Waals surface area contributed by atoms with Gasteiger partial charge in [0.2, 0.25) is 11.8 Å². The first kappa shape index (κ1) is 18.9. The smallest absolute Gasteiger partial charge is 0.338 e. The molecule has 142 valence electrons. The predicted octanol–water partition coefficient (Wildman–Crippen LogP) is 2.91. The van der Waals surface area contributed by atoms with Crippen molar-refractivity contribution in [2.45, 2.75) is 19.8 Å². The van der Waals surface area contributed by atoms with Crippen molar-refractivity contribution in [3.8, 4) is 17.7 Å².